The van der Waals surface area contributed by atoms with Crippen LogP contribution in [-0.4, -0.2) is 40.7 Å². The number of imidazole rings is 1. The molecule has 0 unspecified atom stereocenters. The zero-order chi connectivity index (χ0) is 21.0. The zero-order valence-corrected chi connectivity index (χ0v) is 18.7. The van der Waals surface area contributed by atoms with Crippen LogP contribution < -0.4 is 10.1 Å². The maximum absolute atomic E-state index is 5.70. The van der Waals surface area contributed by atoms with Gasteiger partial charge in [0, 0.05) is 43.7 Å². The van der Waals surface area contributed by atoms with Gasteiger partial charge in [-0.15, -0.1) is 0 Å². The molecular formula is C24H28N4O2S. The number of nitrogens with one attached hydrogen (secondary N) is 1. The Morgan fingerprint density at radius 1 is 1.13 bits per heavy atom. The number of fused-ring (bicyclic) bond motifs is 2. The predicted molar refractivity (Wildman–Crippen MR) is 125 cm³/mol. The highest BCUT2D eigenvalue weighted by molar-refractivity contribution is 7.22. The minimum Gasteiger partial charge on any atom is -0.491 e. The van der Waals surface area contributed by atoms with E-state index in [0.29, 0.717) is 19.3 Å². The summed E-state index contributed by atoms with van der Waals surface area (Å²) in [5, 5.41) is 4.71. The van der Waals surface area contributed by atoms with Crippen LogP contribution in [0.1, 0.15) is 43.4 Å². The maximum Gasteiger partial charge on any atom is 0.184 e. The Labute approximate surface area is 186 Å². The fourth-order valence-electron chi connectivity index (χ4n) is 4.25. The van der Waals surface area contributed by atoms with Crippen LogP contribution in [0.5, 0.6) is 5.75 Å². The quantitative estimate of drug-likeness (QED) is 0.380. The molecule has 3 aromatic heterocycles. The molecule has 4 aromatic rings. The Bertz CT molecular complexity index is 1160. The molecule has 7 heteroatoms. The van der Waals surface area contributed by atoms with Gasteiger partial charge in [0.05, 0.1) is 16.8 Å². The largest absolute Gasteiger partial charge is 0.491 e. The molecule has 6 nitrogen and oxygen atoms in total. The van der Waals surface area contributed by atoms with Crippen LogP contribution in [-0.2, 0) is 11.2 Å². The molecule has 1 saturated carbocycles. The molecule has 0 saturated heterocycles. The Morgan fingerprint density at radius 3 is 2.90 bits per heavy atom. The predicted octanol–water partition coefficient (Wildman–Crippen LogP) is 5.30. The standard InChI is InChI=1S/C24H28N4O2S/c1-29-11-12-30-20-9-10-28-19(16-25-23(28)15-20)13-17-7-8-21-22(14-17)31-24(27-21)26-18-5-3-2-4-6-18/h7-10,14-16,18H,2-6,11-13H2,1H3,(H,26,27). The average Bonchev–Trinajstić information content (AvgIpc) is 3.37. The fraction of sp³-hybridized carbons (Fsp3) is 0.417. The molecule has 162 valence electrons. The highest BCUT2D eigenvalue weighted by Gasteiger charge is 2.15. The van der Waals surface area contributed by atoms with Gasteiger partial charge < -0.3 is 19.2 Å². The van der Waals surface area contributed by atoms with Gasteiger partial charge in [0.25, 0.3) is 0 Å². The summed E-state index contributed by atoms with van der Waals surface area (Å²) in [5.41, 5.74) is 4.39. The first-order valence-electron chi connectivity index (χ1n) is 11.0. The Balaban J connectivity index is 1.31. The molecule has 0 amide bonds. The first kappa shape index (κ1) is 20.3. The first-order chi connectivity index (χ1) is 15.3. The molecule has 0 radical (unpaired) electrons. The molecule has 1 fully saturated rings. The smallest absolute Gasteiger partial charge is 0.184 e. The lowest BCUT2D eigenvalue weighted by Crippen LogP contribution is -2.21. The molecule has 1 aliphatic rings. The Hall–Kier alpha value is -2.64. The number of anilines is 1. The van der Waals surface area contributed by atoms with Crippen molar-refractivity contribution in [3.8, 4) is 5.75 Å². The van der Waals surface area contributed by atoms with E-state index < -0.39 is 0 Å². The third-order valence-electron chi connectivity index (χ3n) is 5.89. The van der Waals surface area contributed by atoms with Gasteiger partial charge in [-0.25, -0.2) is 9.97 Å². The number of nitrogens with zero attached hydrogens (tertiary/aromatic N) is 3. The number of rotatable bonds is 8. The molecule has 1 aliphatic carbocycles. The van der Waals surface area contributed by atoms with E-state index in [9.17, 15) is 0 Å². The lowest BCUT2D eigenvalue weighted by molar-refractivity contribution is 0.146. The highest BCUT2D eigenvalue weighted by atomic mass is 32.1. The van der Waals surface area contributed by atoms with Crippen molar-refractivity contribution in [2.75, 3.05) is 25.6 Å². The van der Waals surface area contributed by atoms with Gasteiger partial charge in [-0.05, 0) is 36.6 Å². The number of ether oxygens (including phenoxy) is 2. The van der Waals surface area contributed by atoms with Crippen molar-refractivity contribution < 1.29 is 9.47 Å². The summed E-state index contributed by atoms with van der Waals surface area (Å²) in [6.45, 7) is 1.11. The van der Waals surface area contributed by atoms with Gasteiger partial charge >= 0.3 is 0 Å². The first-order valence-corrected chi connectivity index (χ1v) is 11.8. The second-order valence-corrected chi connectivity index (χ2v) is 9.19. The zero-order valence-electron chi connectivity index (χ0n) is 17.8. The lowest BCUT2D eigenvalue weighted by Gasteiger charge is -2.22. The van der Waals surface area contributed by atoms with Crippen molar-refractivity contribution >= 4 is 32.3 Å². The minimum atomic E-state index is 0.534. The number of hydrogen-bond acceptors (Lipinski definition) is 6. The number of methoxy groups -OCH3 is 1. The molecule has 31 heavy (non-hydrogen) atoms. The summed E-state index contributed by atoms with van der Waals surface area (Å²) in [4.78, 5) is 9.37. The van der Waals surface area contributed by atoms with Crippen molar-refractivity contribution in [3.63, 3.8) is 0 Å². The van der Waals surface area contributed by atoms with E-state index in [-0.39, 0.29) is 0 Å². The van der Waals surface area contributed by atoms with Crippen LogP contribution in [0, 0.1) is 0 Å². The summed E-state index contributed by atoms with van der Waals surface area (Å²) in [6, 6.07) is 11.1. The van der Waals surface area contributed by atoms with E-state index >= 15 is 0 Å². The van der Waals surface area contributed by atoms with Gasteiger partial charge in [0.1, 0.15) is 18.0 Å². The number of benzene rings is 1. The van der Waals surface area contributed by atoms with Crippen LogP contribution in [0.2, 0.25) is 0 Å². The van der Waals surface area contributed by atoms with Crippen LogP contribution in [0.25, 0.3) is 15.9 Å². The van der Waals surface area contributed by atoms with Crippen molar-refractivity contribution in [2.24, 2.45) is 0 Å². The van der Waals surface area contributed by atoms with Crippen LogP contribution >= 0.6 is 11.3 Å². The fourth-order valence-corrected chi connectivity index (χ4v) is 5.26. The molecular weight excluding hydrogens is 408 g/mol. The minimum absolute atomic E-state index is 0.534. The van der Waals surface area contributed by atoms with E-state index in [4.69, 9.17) is 14.5 Å². The number of hydrogen-bond donors (Lipinski definition) is 1. The summed E-state index contributed by atoms with van der Waals surface area (Å²) in [7, 11) is 1.67. The molecule has 0 spiro atoms. The molecule has 1 N–H and O–H groups in total. The summed E-state index contributed by atoms with van der Waals surface area (Å²) >= 11 is 1.76. The van der Waals surface area contributed by atoms with E-state index in [0.717, 1.165) is 34.2 Å². The highest BCUT2D eigenvalue weighted by Crippen LogP contribution is 2.30. The normalized spacial score (nSPS) is 15.0. The monoisotopic (exact) mass is 436 g/mol. The third kappa shape index (κ3) is 4.67. The second-order valence-electron chi connectivity index (χ2n) is 8.16. The van der Waals surface area contributed by atoms with Crippen LogP contribution in [0.3, 0.4) is 0 Å². The van der Waals surface area contributed by atoms with Crippen LogP contribution in [0.15, 0.2) is 42.7 Å². The van der Waals surface area contributed by atoms with Gasteiger partial charge in [-0.2, -0.15) is 0 Å². The van der Waals surface area contributed by atoms with E-state index in [1.165, 1.54) is 42.4 Å². The molecule has 0 atom stereocenters. The molecule has 1 aromatic carbocycles. The topological polar surface area (TPSA) is 60.7 Å². The van der Waals surface area contributed by atoms with E-state index in [1.807, 2.05) is 24.5 Å². The van der Waals surface area contributed by atoms with Gasteiger partial charge in [0.15, 0.2) is 5.13 Å². The van der Waals surface area contributed by atoms with Crippen LogP contribution in [0.4, 0.5) is 5.13 Å². The molecule has 3 heterocycles. The van der Waals surface area contributed by atoms with E-state index in [2.05, 4.69) is 32.9 Å². The summed E-state index contributed by atoms with van der Waals surface area (Å²) in [6.07, 6.45) is 11.3. The number of aromatic nitrogens is 3. The van der Waals surface area contributed by atoms with Gasteiger partial charge in [0.2, 0.25) is 0 Å². The molecule has 0 bridgehead atoms. The van der Waals surface area contributed by atoms with Crippen molar-refractivity contribution in [2.45, 2.75) is 44.6 Å². The summed E-state index contributed by atoms with van der Waals surface area (Å²) in [5.74, 6) is 0.811. The SMILES string of the molecule is COCCOc1ccn2c(Cc3ccc4nc(NC5CCCCC5)sc4c3)cnc2c1. The Morgan fingerprint density at radius 2 is 2.03 bits per heavy atom. The Kier molecular flexibility index (Phi) is 6.04. The summed E-state index contributed by atoms with van der Waals surface area (Å²) < 4.78 is 14.1. The van der Waals surface area contributed by atoms with Crippen molar-refractivity contribution in [3.05, 3.63) is 54.0 Å². The lowest BCUT2D eigenvalue weighted by atomic mass is 9.96. The number of pyridine rings is 1. The average molecular weight is 437 g/mol. The van der Waals surface area contributed by atoms with Gasteiger partial charge in [-0.1, -0.05) is 36.7 Å². The second kappa shape index (κ2) is 9.24. The van der Waals surface area contributed by atoms with Crippen molar-refractivity contribution in [1.29, 1.82) is 0 Å². The van der Waals surface area contributed by atoms with Gasteiger partial charge in [-0.3, -0.25) is 0 Å². The van der Waals surface area contributed by atoms with Crippen molar-refractivity contribution in [1.82, 2.24) is 14.4 Å². The molecule has 5 rings (SSSR count). The molecule has 0 aliphatic heterocycles. The maximum atomic E-state index is 5.70. The number of thiazole rings is 1. The van der Waals surface area contributed by atoms with E-state index in [1.54, 1.807) is 18.4 Å². The third-order valence-corrected chi connectivity index (χ3v) is 6.84.